The number of hydrogen-bond acceptors (Lipinski definition) is 3. The number of ketones is 1. The molecule has 0 N–H and O–H groups in total. The van der Waals surface area contributed by atoms with Gasteiger partial charge in [-0.05, 0) is 30.5 Å². The maximum atomic E-state index is 12.5. The Bertz CT molecular complexity index is 748. The van der Waals surface area contributed by atoms with Crippen LogP contribution in [0.25, 0.3) is 0 Å². The van der Waals surface area contributed by atoms with Crippen molar-refractivity contribution in [1.82, 2.24) is 9.78 Å². The third-order valence-electron chi connectivity index (χ3n) is 4.65. The lowest BCUT2D eigenvalue weighted by Gasteiger charge is -2.19. The van der Waals surface area contributed by atoms with E-state index < -0.39 is 0 Å². The second-order valence-electron chi connectivity index (χ2n) is 7.92. The number of anilines is 1. The number of nitrogens with zero attached hydrogens (tertiary/aromatic N) is 3. The van der Waals surface area contributed by atoms with Gasteiger partial charge < -0.3 is 4.90 Å². The Morgan fingerprint density at radius 1 is 1.12 bits per heavy atom. The van der Waals surface area contributed by atoms with Gasteiger partial charge in [-0.2, -0.15) is 5.10 Å². The number of rotatable bonds is 3. The first-order chi connectivity index (χ1) is 11.3. The summed E-state index contributed by atoms with van der Waals surface area (Å²) < 4.78 is 2.05. The number of benzene rings is 1. The number of Topliss-reactive ketones (excluding diaryl/α,β-unsaturated/α-hetero) is 1. The molecule has 0 bridgehead atoms. The maximum Gasteiger partial charge on any atom is 0.166 e. The summed E-state index contributed by atoms with van der Waals surface area (Å²) in [5.41, 5.74) is 5.24. The van der Waals surface area contributed by atoms with Crippen molar-refractivity contribution in [3.8, 4) is 0 Å². The first-order valence-corrected chi connectivity index (χ1v) is 8.67. The highest BCUT2D eigenvalue weighted by Gasteiger charge is 2.32. The fourth-order valence-corrected chi connectivity index (χ4v) is 3.31. The lowest BCUT2D eigenvalue weighted by atomic mass is 9.84. The number of carbonyl (C=O) groups excluding carboxylic acids is 1. The summed E-state index contributed by atoms with van der Waals surface area (Å²) in [5, 5.41) is 4.85. The van der Waals surface area contributed by atoms with Crippen LogP contribution in [0.2, 0.25) is 0 Å². The first kappa shape index (κ1) is 16.7. The molecule has 0 fully saturated rings. The Balaban J connectivity index is 1.98. The molecule has 0 unspecified atom stereocenters. The fraction of sp³-hybridized carbons (Fsp3) is 0.500. The molecule has 1 aliphatic carbocycles. The molecule has 1 aliphatic rings. The van der Waals surface area contributed by atoms with Crippen LogP contribution in [0.5, 0.6) is 0 Å². The zero-order valence-corrected chi connectivity index (χ0v) is 15.4. The molecule has 0 radical (unpaired) electrons. The largest absolute Gasteiger partial charge is 0.378 e. The molecule has 128 valence electrons. The Kier molecular flexibility index (Phi) is 4.24. The van der Waals surface area contributed by atoms with E-state index in [0.717, 1.165) is 36.3 Å². The SMILES string of the molecule is CN(C)c1ccc(Cn2nc(C(C)(C)C)c3c2CCCC3=O)cc1. The molecule has 0 saturated carbocycles. The van der Waals surface area contributed by atoms with Gasteiger partial charge in [0.1, 0.15) is 0 Å². The first-order valence-electron chi connectivity index (χ1n) is 8.67. The third kappa shape index (κ3) is 3.10. The van der Waals surface area contributed by atoms with Crippen LogP contribution >= 0.6 is 0 Å². The molecular formula is C20H27N3O. The summed E-state index contributed by atoms with van der Waals surface area (Å²) in [6.45, 7) is 7.12. The van der Waals surface area contributed by atoms with E-state index in [9.17, 15) is 4.79 Å². The quantitative estimate of drug-likeness (QED) is 0.861. The smallest absolute Gasteiger partial charge is 0.166 e. The van der Waals surface area contributed by atoms with Gasteiger partial charge >= 0.3 is 0 Å². The molecule has 0 spiro atoms. The third-order valence-corrected chi connectivity index (χ3v) is 4.65. The van der Waals surface area contributed by atoms with Crippen molar-refractivity contribution in [2.24, 2.45) is 0 Å². The summed E-state index contributed by atoms with van der Waals surface area (Å²) >= 11 is 0. The molecule has 1 aromatic heterocycles. The van der Waals surface area contributed by atoms with Gasteiger partial charge in [0.2, 0.25) is 0 Å². The predicted octanol–water partition coefficient (Wildman–Crippen LogP) is 3.81. The van der Waals surface area contributed by atoms with Crippen molar-refractivity contribution in [2.45, 2.75) is 52.0 Å². The van der Waals surface area contributed by atoms with Gasteiger partial charge in [-0.3, -0.25) is 9.48 Å². The predicted molar refractivity (Wildman–Crippen MR) is 98.1 cm³/mol. The Labute approximate surface area is 144 Å². The van der Waals surface area contributed by atoms with E-state index in [4.69, 9.17) is 5.10 Å². The van der Waals surface area contributed by atoms with Gasteiger partial charge in [-0.25, -0.2) is 0 Å². The summed E-state index contributed by atoms with van der Waals surface area (Å²) in [4.78, 5) is 14.6. The Morgan fingerprint density at radius 3 is 2.38 bits per heavy atom. The molecule has 3 rings (SSSR count). The van der Waals surface area contributed by atoms with Gasteiger partial charge in [0.05, 0.1) is 17.8 Å². The monoisotopic (exact) mass is 325 g/mol. The van der Waals surface area contributed by atoms with Crippen LogP contribution in [0.1, 0.15) is 60.9 Å². The van der Waals surface area contributed by atoms with Crippen LogP contribution in [-0.2, 0) is 18.4 Å². The van der Waals surface area contributed by atoms with E-state index in [0.29, 0.717) is 6.42 Å². The lowest BCUT2D eigenvalue weighted by molar-refractivity contribution is 0.0969. The van der Waals surface area contributed by atoms with Crippen LogP contribution in [0.4, 0.5) is 5.69 Å². The Morgan fingerprint density at radius 2 is 1.79 bits per heavy atom. The zero-order valence-electron chi connectivity index (χ0n) is 15.4. The second kappa shape index (κ2) is 6.08. The fourth-order valence-electron chi connectivity index (χ4n) is 3.31. The van der Waals surface area contributed by atoms with Crippen LogP contribution < -0.4 is 4.90 Å². The molecule has 4 heteroatoms. The minimum Gasteiger partial charge on any atom is -0.378 e. The number of aromatic nitrogens is 2. The number of fused-ring (bicyclic) bond motifs is 1. The maximum absolute atomic E-state index is 12.5. The molecule has 0 atom stereocenters. The summed E-state index contributed by atoms with van der Waals surface area (Å²) in [6.07, 6.45) is 2.53. The van der Waals surface area contributed by atoms with E-state index in [2.05, 4.69) is 54.6 Å². The van der Waals surface area contributed by atoms with Crippen LogP contribution in [0.3, 0.4) is 0 Å². The molecule has 1 aromatic carbocycles. The van der Waals surface area contributed by atoms with E-state index in [-0.39, 0.29) is 11.2 Å². The summed E-state index contributed by atoms with van der Waals surface area (Å²) in [7, 11) is 4.08. The molecule has 24 heavy (non-hydrogen) atoms. The van der Waals surface area contributed by atoms with Crippen LogP contribution in [0, 0.1) is 0 Å². The number of hydrogen-bond donors (Lipinski definition) is 0. The molecule has 0 saturated heterocycles. The van der Waals surface area contributed by atoms with E-state index in [1.807, 2.05) is 14.1 Å². The average molecular weight is 325 g/mol. The van der Waals surface area contributed by atoms with Gasteiger partial charge in [0.25, 0.3) is 0 Å². The van der Waals surface area contributed by atoms with Crippen LogP contribution in [-0.4, -0.2) is 29.7 Å². The summed E-state index contributed by atoms with van der Waals surface area (Å²) in [6, 6.07) is 8.54. The van der Waals surface area contributed by atoms with Gasteiger partial charge in [0, 0.05) is 37.3 Å². The van der Waals surface area contributed by atoms with Crippen molar-refractivity contribution in [3.05, 3.63) is 46.8 Å². The number of carbonyl (C=O) groups is 1. The highest BCUT2D eigenvalue weighted by atomic mass is 16.1. The molecule has 1 heterocycles. The van der Waals surface area contributed by atoms with Crippen molar-refractivity contribution < 1.29 is 4.79 Å². The van der Waals surface area contributed by atoms with E-state index >= 15 is 0 Å². The zero-order chi connectivity index (χ0) is 17.5. The molecule has 0 amide bonds. The van der Waals surface area contributed by atoms with Crippen molar-refractivity contribution in [1.29, 1.82) is 0 Å². The van der Waals surface area contributed by atoms with Gasteiger partial charge in [-0.1, -0.05) is 32.9 Å². The normalized spacial score (nSPS) is 14.6. The van der Waals surface area contributed by atoms with Gasteiger partial charge in [-0.15, -0.1) is 0 Å². The van der Waals surface area contributed by atoms with E-state index in [1.165, 1.54) is 11.3 Å². The molecular weight excluding hydrogens is 298 g/mol. The van der Waals surface area contributed by atoms with Crippen molar-refractivity contribution in [2.75, 3.05) is 19.0 Å². The summed E-state index contributed by atoms with van der Waals surface area (Å²) in [5.74, 6) is 0.260. The highest BCUT2D eigenvalue weighted by molar-refractivity contribution is 5.99. The molecule has 2 aromatic rings. The minimum atomic E-state index is -0.114. The molecule has 0 aliphatic heterocycles. The Hall–Kier alpha value is -2.10. The standard InChI is InChI=1S/C20H27N3O/c1-20(2,3)19-18-16(7-6-8-17(18)24)23(21-19)13-14-9-11-15(12-10-14)22(4)5/h9-12H,6-8,13H2,1-5H3. The second-order valence-corrected chi connectivity index (χ2v) is 7.92. The lowest BCUT2D eigenvalue weighted by Crippen LogP contribution is -2.19. The molecule has 4 nitrogen and oxygen atoms in total. The van der Waals surface area contributed by atoms with E-state index in [1.54, 1.807) is 0 Å². The highest BCUT2D eigenvalue weighted by Crippen LogP contribution is 2.32. The van der Waals surface area contributed by atoms with Crippen molar-refractivity contribution >= 4 is 11.5 Å². The van der Waals surface area contributed by atoms with Gasteiger partial charge in [0.15, 0.2) is 5.78 Å². The van der Waals surface area contributed by atoms with Crippen molar-refractivity contribution in [3.63, 3.8) is 0 Å². The average Bonchev–Trinajstić information content (AvgIpc) is 2.88. The topological polar surface area (TPSA) is 38.1 Å². The van der Waals surface area contributed by atoms with Crippen LogP contribution in [0.15, 0.2) is 24.3 Å². The minimum absolute atomic E-state index is 0.114.